The van der Waals surface area contributed by atoms with Gasteiger partial charge in [-0.05, 0) is 50.5 Å². The average molecular weight is 383 g/mol. The molecule has 1 aliphatic rings. The summed E-state index contributed by atoms with van der Waals surface area (Å²) in [5, 5.41) is 10.6. The van der Waals surface area contributed by atoms with Crippen LogP contribution in [0.4, 0.5) is 4.79 Å². The number of carbonyl (C=O) groups excluding carboxylic acids is 1. The number of amides is 1. The molecule has 0 spiro atoms. The lowest BCUT2D eigenvalue weighted by Gasteiger charge is -2.36. The molecule has 1 fully saturated rings. The minimum atomic E-state index is -0.614. The van der Waals surface area contributed by atoms with Gasteiger partial charge in [0.25, 0.3) is 0 Å². The highest BCUT2D eigenvalue weighted by molar-refractivity contribution is 5.68. The van der Waals surface area contributed by atoms with Gasteiger partial charge in [0.05, 0.1) is 12.6 Å². The van der Waals surface area contributed by atoms with Gasteiger partial charge in [0, 0.05) is 12.5 Å². The Kier molecular flexibility index (Phi) is 6.25. The van der Waals surface area contributed by atoms with Crippen LogP contribution in [0.25, 0.3) is 0 Å². The second-order valence-corrected chi connectivity index (χ2v) is 8.23. The molecule has 2 atom stereocenters. The van der Waals surface area contributed by atoms with Gasteiger partial charge in [0.1, 0.15) is 18.0 Å². The van der Waals surface area contributed by atoms with Gasteiger partial charge in [0.2, 0.25) is 0 Å². The molecule has 3 rings (SSSR count). The summed E-state index contributed by atoms with van der Waals surface area (Å²) in [5.74, 6) is 0.801. The third-order valence-corrected chi connectivity index (χ3v) is 4.79. The van der Waals surface area contributed by atoms with Gasteiger partial charge < -0.3 is 19.5 Å². The zero-order chi connectivity index (χ0) is 20.1. The van der Waals surface area contributed by atoms with Crippen LogP contribution in [0.1, 0.15) is 44.2 Å². The smallest absolute Gasteiger partial charge is 0.410 e. The van der Waals surface area contributed by atoms with E-state index in [1.54, 1.807) is 4.90 Å². The van der Waals surface area contributed by atoms with Gasteiger partial charge in [0.15, 0.2) is 0 Å². The number of aliphatic hydroxyl groups excluding tert-OH is 1. The second kappa shape index (κ2) is 8.65. The molecule has 0 aliphatic carbocycles. The van der Waals surface area contributed by atoms with E-state index in [-0.39, 0.29) is 18.6 Å². The van der Waals surface area contributed by atoms with E-state index < -0.39 is 11.7 Å². The van der Waals surface area contributed by atoms with E-state index in [0.717, 1.165) is 16.9 Å². The topological polar surface area (TPSA) is 59.0 Å². The minimum absolute atomic E-state index is 0.00172. The predicted octanol–water partition coefficient (Wildman–Crippen LogP) is 4.35. The predicted molar refractivity (Wildman–Crippen MR) is 108 cm³/mol. The summed E-state index contributed by atoms with van der Waals surface area (Å²) in [6, 6.07) is 17.9. The molecular formula is C23H29NO4. The van der Waals surface area contributed by atoms with Gasteiger partial charge in [-0.2, -0.15) is 0 Å². The molecule has 0 radical (unpaired) electrons. The fourth-order valence-corrected chi connectivity index (χ4v) is 3.36. The fraction of sp³-hybridized carbons (Fsp3) is 0.435. The van der Waals surface area contributed by atoms with Crippen molar-refractivity contribution in [1.82, 2.24) is 4.90 Å². The molecule has 150 valence electrons. The van der Waals surface area contributed by atoms with E-state index in [2.05, 4.69) is 0 Å². The van der Waals surface area contributed by atoms with Crippen LogP contribution in [-0.2, 0) is 11.3 Å². The largest absolute Gasteiger partial charge is 0.489 e. The first-order chi connectivity index (χ1) is 13.3. The SMILES string of the molecule is CC(C)(C)OC(=O)N1CC[C@H](c2ccc(OCc3ccccc3)cc2)[C@H](O)C1. The standard InChI is InChI=1S/C23H29NO4/c1-23(2,3)28-22(26)24-14-13-20(21(25)15-24)18-9-11-19(12-10-18)27-16-17-7-5-4-6-8-17/h4-12,20-21,25H,13-16H2,1-3H3/t20-,21-/m1/s1. The van der Waals surface area contributed by atoms with Gasteiger partial charge in [-0.15, -0.1) is 0 Å². The zero-order valence-corrected chi connectivity index (χ0v) is 16.8. The van der Waals surface area contributed by atoms with Crippen molar-refractivity contribution in [2.45, 2.75) is 51.4 Å². The molecule has 5 nitrogen and oxygen atoms in total. The van der Waals surface area contributed by atoms with Crippen molar-refractivity contribution in [1.29, 1.82) is 0 Å². The average Bonchev–Trinajstić information content (AvgIpc) is 2.66. The van der Waals surface area contributed by atoms with Crippen molar-refractivity contribution in [2.24, 2.45) is 0 Å². The van der Waals surface area contributed by atoms with Crippen LogP contribution in [0, 0.1) is 0 Å². The summed E-state index contributed by atoms with van der Waals surface area (Å²) in [5.41, 5.74) is 1.65. The minimum Gasteiger partial charge on any atom is -0.489 e. The van der Waals surface area contributed by atoms with Crippen LogP contribution in [0.2, 0.25) is 0 Å². The third-order valence-electron chi connectivity index (χ3n) is 4.79. The molecule has 0 saturated carbocycles. The molecule has 5 heteroatoms. The lowest BCUT2D eigenvalue weighted by Crippen LogP contribution is -2.47. The lowest BCUT2D eigenvalue weighted by atomic mass is 9.87. The van der Waals surface area contributed by atoms with E-state index in [1.165, 1.54) is 0 Å². The van der Waals surface area contributed by atoms with Crippen molar-refractivity contribution in [3.05, 3.63) is 65.7 Å². The Morgan fingerprint density at radius 3 is 2.39 bits per heavy atom. The third kappa shape index (κ3) is 5.49. The summed E-state index contributed by atoms with van der Waals surface area (Å²) < 4.78 is 11.2. The lowest BCUT2D eigenvalue weighted by molar-refractivity contribution is -0.00152. The number of benzene rings is 2. The normalized spacial score (nSPS) is 19.9. The van der Waals surface area contributed by atoms with E-state index in [9.17, 15) is 9.90 Å². The van der Waals surface area contributed by atoms with Crippen molar-refractivity contribution in [3.63, 3.8) is 0 Å². The second-order valence-electron chi connectivity index (χ2n) is 8.23. The number of likely N-dealkylation sites (tertiary alicyclic amines) is 1. The van der Waals surface area contributed by atoms with Gasteiger partial charge in [-0.25, -0.2) is 4.79 Å². The Hall–Kier alpha value is -2.53. The maximum Gasteiger partial charge on any atom is 0.410 e. The van der Waals surface area contributed by atoms with Crippen LogP contribution in [0.3, 0.4) is 0 Å². The quantitative estimate of drug-likeness (QED) is 0.853. The highest BCUT2D eigenvalue weighted by Crippen LogP contribution is 2.30. The Balaban J connectivity index is 1.55. The number of hydrogen-bond donors (Lipinski definition) is 1. The molecule has 0 unspecified atom stereocenters. The summed E-state index contributed by atoms with van der Waals surface area (Å²) in [4.78, 5) is 13.8. The molecular weight excluding hydrogens is 354 g/mol. The molecule has 1 aliphatic heterocycles. The molecule has 1 amide bonds. The van der Waals surface area contributed by atoms with Gasteiger partial charge >= 0.3 is 6.09 Å². The Morgan fingerprint density at radius 2 is 1.79 bits per heavy atom. The number of hydrogen-bond acceptors (Lipinski definition) is 4. The first-order valence-electron chi connectivity index (χ1n) is 9.74. The molecule has 0 bridgehead atoms. The summed E-state index contributed by atoms with van der Waals surface area (Å²) in [6.07, 6.45) is -0.281. The number of piperidine rings is 1. The molecule has 1 saturated heterocycles. The Bertz CT molecular complexity index is 767. The fourth-order valence-electron chi connectivity index (χ4n) is 3.36. The number of aliphatic hydroxyl groups is 1. The summed E-state index contributed by atoms with van der Waals surface area (Å²) in [7, 11) is 0. The molecule has 1 N–H and O–H groups in total. The Morgan fingerprint density at radius 1 is 1.11 bits per heavy atom. The van der Waals surface area contributed by atoms with Crippen molar-refractivity contribution >= 4 is 6.09 Å². The molecule has 28 heavy (non-hydrogen) atoms. The summed E-state index contributed by atoms with van der Waals surface area (Å²) in [6.45, 7) is 6.91. The number of carbonyl (C=O) groups is 1. The van der Waals surface area contributed by atoms with Crippen molar-refractivity contribution < 1.29 is 19.4 Å². The van der Waals surface area contributed by atoms with Gasteiger partial charge in [-0.1, -0.05) is 42.5 Å². The number of nitrogens with zero attached hydrogens (tertiary/aromatic N) is 1. The van der Waals surface area contributed by atoms with Crippen LogP contribution >= 0.6 is 0 Å². The number of rotatable bonds is 4. The molecule has 2 aromatic carbocycles. The van der Waals surface area contributed by atoms with Gasteiger partial charge in [-0.3, -0.25) is 0 Å². The van der Waals surface area contributed by atoms with E-state index in [4.69, 9.17) is 9.47 Å². The first kappa shape index (κ1) is 20.2. The first-order valence-corrected chi connectivity index (χ1v) is 9.74. The number of β-amino-alcohol motifs (C(OH)–C–C–N with tert-alkyl or cyclic N) is 1. The molecule has 2 aromatic rings. The van der Waals surface area contributed by atoms with Crippen molar-refractivity contribution in [3.8, 4) is 5.75 Å². The highest BCUT2D eigenvalue weighted by Gasteiger charge is 2.33. The van der Waals surface area contributed by atoms with Crippen molar-refractivity contribution in [2.75, 3.05) is 13.1 Å². The van der Waals surface area contributed by atoms with Crippen LogP contribution in [-0.4, -0.2) is 40.9 Å². The number of ether oxygens (including phenoxy) is 2. The highest BCUT2D eigenvalue weighted by atomic mass is 16.6. The van der Waals surface area contributed by atoms with Crippen LogP contribution in [0.5, 0.6) is 5.75 Å². The molecule has 0 aromatic heterocycles. The molecule has 1 heterocycles. The zero-order valence-electron chi connectivity index (χ0n) is 16.8. The maximum absolute atomic E-state index is 12.2. The monoisotopic (exact) mass is 383 g/mol. The van der Waals surface area contributed by atoms with E-state index in [0.29, 0.717) is 19.6 Å². The van der Waals surface area contributed by atoms with Crippen LogP contribution in [0.15, 0.2) is 54.6 Å². The maximum atomic E-state index is 12.2. The summed E-state index contributed by atoms with van der Waals surface area (Å²) >= 11 is 0. The Labute approximate surface area is 166 Å². The van der Waals surface area contributed by atoms with Crippen LogP contribution < -0.4 is 4.74 Å². The van der Waals surface area contributed by atoms with E-state index >= 15 is 0 Å². The van der Waals surface area contributed by atoms with E-state index in [1.807, 2.05) is 75.4 Å².